The Bertz CT molecular complexity index is 931. The summed E-state index contributed by atoms with van der Waals surface area (Å²) >= 11 is 0. The van der Waals surface area contributed by atoms with Crippen molar-refractivity contribution in [3.63, 3.8) is 0 Å². The van der Waals surface area contributed by atoms with Gasteiger partial charge in [-0.25, -0.2) is 9.82 Å². The summed E-state index contributed by atoms with van der Waals surface area (Å²) in [6, 6.07) is 14.8. The number of benzene rings is 2. The van der Waals surface area contributed by atoms with Gasteiger partial charge in [-0.05, 0) is 67.1 Å². The Labute approximate surface area is 149 Å². The molecule has 3 rings (SSSR count). The first-order chi connectivity index (χ1) is 12.6. The van der Waals surface area contributed by atoms with E-state index in [2.05, 4.69) is 20.7 Å². The Hall–Kier alpha value is -3.48. The quantitative estimate of drug-likeness (QED) is 0.546. The Morgan fingerprint density at radius 2 is 1.85 bits per heavy atom. The molecule has 6 nitrogen and oxygen atoms in total. The van der Waals surface area contributed by atoms with Gasteiger partial charge < -0.3 is 4.74 Å². The van der Waals surface area contributed by atoms with Crippen molar-refractivity contribution < 1.29 is 13.9 Å². The number of nitrogens with one attached hydrogen (secondary N) is 2. The fourth-order valence-corrected chi connectivity index (χ4v) is 2.30. The summed E-state index contributed by atoms with van der Waals surface area (Å²) in [5, 5.41) is 10.8. The summed E-state index contributed by atoms with van der Waals surface area (Å²) in [6.45, 7) is 1.79. The molecular formula is C19H17FN4O2. The van der Waals surface area contributed by atoms with E-state index in [0.717, 1.165) is 11.3 Å². The van der Waals surface area contributed by atoms with Gasteiger partial charge in [0.1, 0.15) is 17.3 Å². The van der Waals surface area contributed by atoms with Crippen LogP contribution in [0.2, 0.25) is 0 Å². The fourth-order valence-electron chi connectivity index (χ4n) is 2.30. The molecule has 0 unspecified atom stereocenters. The number of halogens is 1. The lowest BCUT2D eigenvalue weighted by Gasteiger charge is -2.03. The molecule has 0 aliphatic heterocycles. The molecule has 26 heavy (non-hydrogen) atoms. The molecule has 0 aliphatic rings. The number of rotatable bonds is 5. The number of hydrazone groups is 1. The normalized spacial score (nSPS) is 11.3. The van der Waals surface area contributed by atoms with Crippen molar-refractivity contribution >= 4 is 11.6 Å². The molecule has 0 saturated heterocycles. The van der Waals surface area contributed by atoms with Gasteiger partial charge in [-0.3, -0.25) is 9.89 Å². The van der Waals surface area contributed by atoms with E-state index in [0.29, 0.717) is 17.0 Å². The third-order valence-electron chi connectivity index (χ3n) is 3.80. The first-order valence-corrected chi connectivity index (χ1v) is 7.87. The van der Waals surface area contributed by atoms with Gasteiger partial charge in [0.25, 0.3) is 5.91 Å². The number of methoxy groups -OCH3 is 1. The second-order valence-electron chi connectivity index (χ2n) is 5.54. The van der Waals surface area contributed by atoms with Crippen molar-refractivity contribution in [2.24, 2.45) is 5.10 Å². The highest BCUT2D eigenvalue weighted by Gasteiger charge is 2.11. The summed E-state index contributed by atoms with van der Waals surface area (Å²) in [7, 11) is 1.60. The number of carbonyl (C=O) groups excluding carboxylic acids is 1. The maximum Gasteiger partial charge on any atom is 0.289 e. The van der Waals surface area contributed by atoms with Crippen LogP contribution in [-0.2, 0) is 0 Å². The Morgan fingerprint density at radius 1 is 1.15 bits per heavy atom. The fraction of sp³-hybridized carbons (Fsp3) is 0.105. The Balaban J connectivity index is 1.68. The lowest BCUT2D eigenvalue weighted by molar-refractivity contribution is 0.0950. The minimum atomic E-state index is -0.418. The van der Waals surface area contributed by atoms with Gasteiger partial charge in [0.15, 0.2) is 0 Å². The molecule has 0 spiro atoms. The maximum atomic E-state index is 13.0. The average molecular weight is 352 g/mol. The minimum Gasteiger partial charge on any atom is -0.497 e. The van der Waals surface area contributed by atoms with Gasteiger partial charge in [-0.1, -0.05) is 0 Å². The van der Waals surface area contributed by atoms with Crippen LogP contribution in [0.4, 0.5) is 4.39 Å². The smallest absolute Gasteiger partial charge is 0.289 e. The van der Waals surface area contributed by atoms with Crippen molar-refractivity contribution in [1.82, 2.24) is 15.6 Å². The molecule has 3 aromatic rings. The van der Waals surface area contributed by atoms with Crippen LogP contribution in [0.1, 0.15) is 23.0 Å². The highest BCUT2D eigenvalue weighted by atomic mass is 19.1. The van der Waals surface area contributed by atoms with E-state index in [1.165, 1.54) is 12.1 Å². The zero-order valence-corrected chi connectivity index (χ0v) is 14.3. The van der Waals surface area contributed by atoms with Crippen LogP contribution in [0.15, 0.2) is 59.7 Å². The molecule has 7 heteroatoms. The van der Waals surface area contributed by atoms with E-state index in [-0.39, 0.29) is 11.5 Å². The molecule has 132 valence electrons. The molecule has 1 heterocycles. The second-order valence-corrected chi connectivity index (χ2v) is 5.54. The van der Waals surface area contributed by atoms with Gasteiger partial charge in [-0.15, -0.1) is 0 Å². The maximum absolute atomic E-state index is 13.0. The van der Waals surface area contributed by atoms with Crippen molar-refractivity contribution in [3.05, 3.63) is 71.7 Å². The molecule has 1 amide bonds. The number of aromatic amines is 1. The summed E-state index contributed by atoms with van der Waals surface area (Å²) < 4.78 is 18.1. The van der Waals surface area contributed by atoms with E-state index in [4.69, 9.17) is 4.74 Å². The number of amides is 1. The Kier molecular flexibility index (Phi) is 5.07. The van der Waals surface area contributed by atoms with Crippen molar-refractivity contribution in [1.29, 1.82) is 0 Å². The third-order valence-corrected chi connectivity index (χ3v) is 3.80. The average Bonchev–Trinajstić information content (AvgIpc) is 3.16. The predicted octanol–water partition coefficient (Wildman–Crippen LogP) is 3.38. The number of hydrogen-bond acceptors (Lipinski definition) is 4. The predicted molar refractivity (Wildman–Crippen MR) is 96.7 cm³/mol. The molecule has 0 saturated carbocycles. The third kappa shape index (κ3) is 3.94. The number of carbonyl (C=O) groups is 1. The van der Waals surface area contributed by atoms with Crippen molar-refractivity contribution in [2.75, 3.05) is 7.11 Å². The molecule has 2 N–H and O–H groups in total. The van der Waals surface area contributed by atoms with Crippen molar-refractivity contribution in [2.45, 2.75) is 6.92 Å². The number of hydrogen-bond donors (Lipinski definition) is 2. The number of nitrogens with zero attached hydrogens (tertiary/aromatic N) is 2. The van der Waals surface area contributed by atoms with Crippen LogP contribution in [0.25, 0.3) is 11.3 Å². The lowest BCUT2D eigenvalue weighted by atomic mass is 10.1. The molecule has 0 fully saturated rings. The van der Waals surface area contributed by atoms with Gasteiger partial charge >= 0.3 is 0 Å². The van der Waals surface area contributed by atoms with E-state index in [1.54, 1.807) is 32.2 Å². The second kappa shape index (κ2) is 7.60. The molecule has 0 atom stereocenters. The van der Waals surface area contributed by atoms with Crippen LogP contribution in [-0.4, -0.2) is 28.9 Å². The molecule has 0 bridgehead atoms. The molecule has 1 aromatic heterocycles. The van der Waals surface area contributed by atoms with Crippen LogP contribution in [0.3, 0.4) is 0 Å². The molecule has 0 aliphatic carbocycles. The monoisotopic (exact) mass is 352 g/mol. The molecular weight excluding hydrogens is 335 g/mol. The number of aromatic nitrogens is 2. The zero-order valence-electron chi connectivity index (χ0n) is 14.3. The number of ether oxygens (including phenoxy) is 1. The summed E-state index contributed by atoms with van der Waals surface area (Å²) in [4.78, 5) is 12.2. The first-order valence-electron chi connectivity index (χ1n) is 7.87. The van der Waals surface area contributed by atoms with Crippen LogP contribution < -0.4 is 10.2 Å². The lowest BCUT2D eigenvalue weighted by Crippen LogP contribution is -2.19. The molecule has 0 radical (unpaired) electrons. The van der Waals surface area contributed by atoms with E-state index < -0.39 is 5.91 Å². The van der Waals surface area contributed by atoms with Gasteiger partial charge in [-0.2, -0.15) is 10.2 Å². The van der Waals surface area contributed by atoms with Gasteiger partial charge in [0, 0.05) is 5.56 Å². The van der Waals surface area contributed by atoms with Gasteiger partial charge in [0.05, 0.1) is 18.5 Å². The minimum absolute atomic E-state index is 0.260. The zero-order chi connectivity index (χ0) is 18.5. The number of H-pyrrole nitrogens is 1. The van der Waals surface area contributed by atoms with E-state index >= 15 is 0 Å². The van der Waals surface area contributed by atoms with E-state index in [1.807, 2.05) is 24.3 Å². The summed E-state index contributed by atoms with van der Waals surface area (Å²) in [5.41, 5.74) is 5.52. The Morgan fingerprint density at radius 3 is 2.50 bits per heavy atom. The highest BCUT2D eigenvalue weighted by Crippen LogP contribution is 2.18. The molecule has 2 aromatic carbocycles. The SMILES string of the molecule is COc1ccc(/C(C)=N/NC(=O)c2cc(-c3ccc(F)cc3)n[nH]2)cc1. The highest BCUT2D eigenvalue weighted by molar-refractivity contribution is 6.00. The largest absolute Gasteiger partial charge is 0.497 e. The van der Waals surface area contributed by atoms with Gasteiger partial charge in [0.2, 0.25) is 0 Å². The van der Waals surface area contributed by atoms with Crippen LogP contribution >= 0.6 is 0 Å². The summed E-state index contributed by atoms with van der Waals surface area (Å²) in [5.74, 6) is 0.000637. The summed E-state index contributed by atoms with van der Waals surface area (Å²) in [6.07, 6.45) is 0. The standard InChI is InChI=1S/C19H17FN4O2/c1-12(13-5-9-16(26-2)10-6-13)21-24-19(25)18-11-17(22-23-18)14-3-7-15(20)8-4-14/h3-11H,1-2H3,(H,22,23)(H,24,25)/b21-12+. The van der Waals surface area contributed by atoms with Crippen LogP contribution in [0.5, 0.6) is 5.75 Å². The van der Waals surface area contributed by atoms with Crippen molar-refractivity contribution in [3.8, 4) is 17.0 Å². The topological polar surface area (TPSA) is 79.4 Å². The first kappa shape index (κ1) is 17.3. The van der Waals surface area contributed by atoms with Crippen LogP contribution in [0, 0.1) is 5.82 Å². The van der Waals surface area contributed by atoms with E-state index in [9.17, 15) is 9.18 Å².